The number of carbonyl (C=O) groups is 2. The van der Waals surface area contributed by atoms with E-state index < -0.39 is 6.04 Å². The van der Waals surface area contributed by atoms with Crippen molar-refractivity contribution in [3.05, 3.63) is 59.5 Å². The van der Waals surface area contributed by atoms with Gasteiger partial charge in [-0.25, -0.2) is 0 Å². The highest BCUT2D eigenvalue weighted by Crippen LogP contribution is 2.06. The largest absolute Gasteiger partial charge is 0.467 e. The predicted molar refractivity (Wildman–Crippen MR) is 89.1 cm³/mol. The Balaban J connectivity index is 0.00000264. The van der Waals surface area contributed by atoms with Crippen LogP contribution in [0.5, 0.6) is 0 Å². The third kappa shape index (κ3) is 5.77. The van der Waals surface area contributed by atoms with Gasteiger partial charge in [0.15, 0.2) is 0 Å². The Labute approximate surface area is 140 Å². The molecule has 2 rings (SSSR count). The topological polar surface area (TPSA) is 97.4 Å². The molecule has 7 heteroatoms. The molecule has 124 valence electrons. The van der Waals surface area contributed by atoms with Crippen LogP contribution in [0.3, 0.4) is 0 Å². The third-order valence-corrected chi connectivity index (χ3v) is 3.07. The SMILES string of the molecule is CC(N)C(=O)NCc1cccc(C(=O)NCc2ccco2)c1.Cl. The molecular formula is C16H20ClN3O3. The third-order valence-electron chi connectivity index (χ3n) is 3.07. The van der Waals surface area contributed by atoms with Gasteiger partial charge in [-0.3, -0.25) is 9.59 Å². The number of nitrogens with two attached hydrogens (primary N) is 1. The zero-order chi connectivity index (χ0) is 15.9. The van der Waals surface area contributed by atoms with Gasteiger partial charge in [0.25, 0.3) is 5.91 Å². The van der Waals surface area contributed by atoms with E-state index in [-0.39, 0.29) is 24.2 Å². The smallest absolute Gasteiger partial charge is 0.251 e. The number of amides is 2. The first-order valence-corrected chi connectivity index (χ1v) is 6.99. The second-order valence-corrected chi connectivity index (χ2v) is 4.97. The van der Waals surface area contributed by atoms with Crippen LogP contribution in [0.25, 0.3) is 0 Å². The van der Waals surface area contributed by atoms with Gasteiger partial charge in [0, 0.05) is 12.1 Å². The Morgan fingerprint density at radius 2 is 1.96 bits per heavy atom. The molecule has 23 heavy (non-hydrogen) atoms. The summed E-state index contributed by atoms with van der Waals surface area (Å²) in [6.07, 6.45) is 1.56. The molecule has 0 saturated carbocycles. The highest BCUT2D eigenvalue weighted by molar-refractivity contribution is 5.94. The number of nitrogens with one attached hydrogen (secondary N) is 2. The number of benzene rings is 1. The molecule has 0 aliphatic rings. The van der Waals surface area contributed by atoms with Crippen LogP contribution in [0, 0.1) is 0 Å². The van der Waals surface area contributed by atoms with Crippen molar-refractivity contribution in [3.63, 3.8) is 0 Å². The quantitative estimate of drug-likeness (QED) is 0.745. The maximum atomic E-state index is 12.1. The molecule has 1 aromatic heterocycles. The number of furan rings is 1. The van der Waals surface area contributed by atoms with Crippen molar-refractivity contribution < 1.29 is 14.0 Å². The number of rotatable bonds is 6. The number of hydrogen-bond donors (Lipinski definition) is 3. The molecular weight excluding hydrogens is 318 g/mol. The Bertz CT molecular complexity index is 642. The van der Waals surface area contributed by atoms with E-state index in [1.54, 1.807) is 43.5 Å². The highest BCUT2D eigenvalue weighted by atomic mass is 35.5. The van der Waals surface area contributed by atoms with Crippen LogP contribution in [-0.4, -0.2) is 17.9 Å². The number of halogens is 1. The standard InChI is InChI=1S/C16H19N3O3.ClH/c1-11(17)15(20)18-9-12-4-2-5-13(8-12)16(21)19-10-14-6-3-7-22-14;/h2-8,11H,9-10,17H2,1H3,(H,18,20)(H,19,21);1H. The summed E-state index contributed by atoms with van der Waals surface area (Å²) in [4.78, 5) is 23.5. The lowest BCUT2D eigenvalue weighted by Gasteiger charge is -2.09. The zero-order valence-electron chi connectivity index (χ0n) is 12.7. The van der Waals surface area contributed by atoms with Crippen molar-refractivity contribution in [2.75, 3.05) is 0 Å². The summed E-state index contributed by atoms with van der Waals surface area (Å²) < 4.78 is 5.16. The van der Waals surface area contributed by atoms with Crippen molar-refractivity contribution in [2.24, 2.45) is 5.73 Å². The predicted octanol–water partition coefficient (Wildman–Crippen LogP) is 1.59. The van der Waals surface area contributed by atoms with Gasteiger partial charge in [0.05, 0.1) is 18.8 Å². The van der Waals surface area contributed by atoms with E-state index in [1.165, 1.54) is 0 Å². The number of carbonyl (C=O) groups excluding carboxylic acids is 2. The van der Waals surface area contributed by atoms with Crippen LogP contribution in [-0.2, 0) is 17.9 Å². The Morgan fingerprint density at radius 1 is 1.17 bits per heavy atom. The molecule has 2 aromatic rings. The van der Waals surface area contributed by atoms with Crippen molar-refractivity contribution in [2.45, 2.75) is 26.1 Å². The van der Waals surface area contributed by atoms with Crippen molar-refractivity contribution in [1.29, 1.82) is 0 Å². The highest BCUT2D eigenvalue weighted by Gasteiger charge is 2.09. The van der Waals surface area contributed by atoms with Gasteiger partial charge < -0.3 is 20.8 Å². The lowest BCUT2D eigenvalue weighted by molar-refractivity contribution is -0.122. The van der Waals surface area contributed by atoms with Gasteiger partial charge in [-0.2, -0.15) is 0 Å². The molecule has 1 unspecified atom stereocenters. The van der Waals surface area contributed by atoms with Gasteiger partial charge in [0.2, 0.25) is 5.91 Å². The zero-order valence-corrected chi connectivity index (χ0v) is 13.6. The summed E-state index contributed by atoms with van der Waals surface area (Å²) in [6, 6.07) is 10.1. The van der Waals surface area contributed by atoms with E-state index in [2.05, 4.69) is 10.6 Å². The van der Waals surface area contributed by atoms with E-state index in [4.69, 9.17) is 10.2 Å². The van der Waals surface area contributed by atoms with Gasteiger partial charge in [-0.15, -0.1) is 12.4 Å². The Kier molecular flexibility index (Phi) is 7.31. The molecule has 0 radical (unpaired) electrons. The van der Waals surface area contributed by atoms with E-state index in [0.717, 1.165) is 5.56 Å². The minimum absolute atomic E-state index is 0. The van der Waals surface area contributed by atoms with Gasteiger partial charge in [-0.05, 0) is 36.8 Å². The minimum atomic E-state index is -0.556. The van der Waals surface area contributed by atoms with Gasteiger partial charge >= 0.3 is 0 Å². The summed E-state index contributed by atoms with van der Waals surface area (Å²) in [6.45, 7) is 2.28. The fourth-order valence-electron chi connectivity index (χ4n) is 1.86. The van der Waals surface area contributed by atoms with Crippen LogP contribution in [0.4, 0.5) is 0 Å². The van der Waals surface area contributed by atoms with E-state index in [0.29, 0.717) is 24.4 Å². The Morgan fingerprint density at radius 3 is 2.61 bits per heavy atom. The lowest BCUT2D eigenvalue weighted by Crippen LogP contribution is -2.37. The second kappa shape index (κ2) is 8.97. The first kappa shape index (κ1) is 18.7. The van der Waals surface area contributed by atoms with Crippen LogP contribution < -0.4 is 16.4 Å². The lowest BCUT2D eigenvalue weighted by atomic mass is 10.1. The normalized spacial score (nSPS) is 11.2. The van der Waals surface area contributed by atoms with Crippen LogP contribution >= 0.6 is 12.4 Å². The molecule has 0 aliphatic heterocycles. The summed E-state index contributed by atoms with van der Waals surface area (Å²) in [5.74, 6) is 0.262. The van der Waals surface area contributed by atoms with Crippen molar-refractivity contribution in [3.8, 4) is 0 Å². The second-order valence-electron chi connectivity index (χ2n) is 4.97. The Hall–Kier alpha value is -2.31. The monoisotopic (exact) mass is 337 g/mol. The van der Waals surface area contributed by atoms with Crippen molar-refractivity contribution in [1.82, 2.24) is 10.6 Å². The van der Waals surface area contributed by atoms with E-state index in [1.807, 2.05) is 6.07 Å². The summed E-state index contributed by atoms with van der Waals surface area (Å²) >= 11 is 0. The molecule has 0 spiro atoms. The van der Waals surface area contributed by atoms with Crippen LogP contribution in [0.15, 0.2) is 47.1 Å². The first-order valence-electron chi connectivity index (χ1n) is 6.99. The fraction of sp³-hybridized carbons (Fsp3) is 0.250. The minimum Gasteiger partial charge on any atom is -0.467 e. The molecule has 4 N–H and O–H groups in total. The maximum Gasteiger partial charge on any atom is 0.251 e. The van der Waals surface area contributed by atoms with E-state index >= 15 is 0 Å². The first-order chi connectivity index (χ1) is 10.6. The van der Waals surface area contributed by atoms with Crippen LogP contribution in [0.1, 0.15) is 28.6 Å². The van der Waals surface area contributed by atoms with Crippen molar-refractivity contribution >= 4 is 24.2 Å². The molecule has 1 heterocycles. The molecule has 0 bridgehead atoms. The summed E-state index contributed by atoms with van der Waals surface area (Å²) in [5, 5.41) is 5.48. The molecule has 0 saturated heterocycles. The maximum absolute atomic E-state index is 12.1. The molecule has 2 amide bonds. The average Bonchev–Trinajstić information content (AvgIpc) is 3.03. The molecule has 1 atom stereocenters. The summed E-state index contributed by atoms with van der Waals surface area (Å²) in [5.41, 5.74) is 6.84. The van der Waals surface area contributed by atoms with Gasteiger partial charge in [-0.1, -0.05) is 12.1 Å². The molecule has 0 aliphatic carbocycles. The molecule has 6 nitrogen and oxygen atoms in total. The molecule has 0 fully saturated rings. The fourth-order valence-corrected chi connectivity index (χ4v) is 1.86. The molecule has 1 aromatic carbocycles. The van der Waals surface area contributed by atoms with Gasteiger partial charge in [0.1, 0.15) is 5.76 Å². The summed E-state index contributed by atoms with van der Waals surface area (Å²) in [7, 11) is 0. The van der Waals surface area contributed by atoms with Crippen LogP contribution in [0.2, 0.25) is 0 Å². The van der Waals surface area contributed by atoms with E-state index in [9.17, 15) is 9.59 Å². The number of hydrogen-bond acceptors (Lipinski definition) is 4. The average molecular weight is 338 g/mol.